The Balaban J connectivity index is 1.52. The average molecular weight is 373 g/mol. The summed E-state index contributed by atoms with van der Waals surface area (Å²) in [7, 11) is 0. The number of aliphatic hydroxyl groups excluding tert-OH is 1. The molecule has 0 aromatic rings. The van der Waals surface area contributed by atoms with Crippen molar-refractivity contribution < 1.29 is 18.3 Å². The van der Waals surface area contributed by atoms with Crippen LogP contribution in [0.3, 0.4) is 0 Å². The molecule has 1 N–H and O–H groups in total. The monoisotopic (exact) mass is 372 g/mol. The zero-order valence-electron chi connectivity index (χ0n) is 16.3. The maximum atomic E-state index is 13.2. The number of aliphatic hydroxyl groups is 1. The average Bonchev–Trinajstić information content (AvgIpc) is 2.84. The van der Waals surface area contributed by atoms with Crippen molar-refractivity contribution in [2.45, 2.75) is 77.8 Å². The molecule has 9 atom stereocenters. The van der Waals surface area contributed by atoms with Crippen LogP contribution in [-0.4, -0.2) is 17.9 Å². The Morgan fingerprint density at radius 3 is 2.38 bits per heavy atom. The van der Waals surface area contributed by atoms with Crippen molar-refractivity contribution in [1.82, 2.24) is 0 Å². The predicted molar refractivity (Wildman–Crippen MR) is 96.4 cm³/mol. The van der Waals surface area contributed by atoms with Crippen molar-refractivity contribution in [2.75, 3.05) is 6.61 Å². The van der Waals surface area contributed by atoms with Crippen LogP contribution in [0.25, 0.3) is 0 Å². The maximum absolute atomic E-state index is 13.2. The molecule has 4 aliphatic carbocycles. The number of rotatable bonds is 2. The van der Waals surface area contributed by atoms with Gasteiger partial charge in [-0.1, -0.05) is 13.8 Å². The largest absolute Gasteiger partial charge is 0.396 e. The molecule has 1 nitrogen and oxygen atoms in total. The first-order valence-corrected chi connectivity index (χ1v) is 10.9. The fourth-order valence-corrected chi connectivity index (χ4v) is 8.44. The third-order valence-corrected chi connectivity index (χ3v) is 9.39. The van der Waals surface area contributed by atoms with Crippen molar-refractivity contribution in [1.29, 1.82) is 0 Å². The Morgan fingerprint density at radius 2 is 1.69 bits per heavy atom. The summed E-state index contributed by atoms with van der Waals surface area (Å²) in [5, 5.41) is 9.50. The molecule has 26 heavy (non-hydrogen) atoms. The Bertz CT molecular complexity index is 518. The van der Waals surface area contributed by atoms with Gasteiger partial charge in [-0.25, -0.2) is 0 Å². The molecule has 4 aliphatic rings. The van der Waals surface area contributed by atoms with Gasteiger partial charge in [-0.3, -0.25) is 0 Å². The second-order valence-electron chi connectivity index (χ2n) is 10.4. The Hall–Kier alpha value is -0.250. The van der Waals surface area contributed by atoms with Crippen LogP contribution in [-0.2, 0) is 0 Å². The van der Waals surface area contributed by atoms with E-state index < -0.39 is 12.1 Å². The van der Waals surface area contributed by atoms with Crippen LogP contribution in [0.5, 0.6) is 0 Å². The smallest absolute Gasteiger partial charge is 0.391 e. The van der Waals surface area contributed by atoms with Gasteiger partial charge in [0.1, 0.15) is 0 Å². The highest BCUT2D eigenvalue weighted by atomic mass is 19.4. The third kappa shape index (κ3) is 2.93. The SMILES string of the molecule is CC1CC(CCO)[C@@]2(C)CCC3[C@@H](CC[C@@H]4C[C@@H](C(F)(F)F)CC[C@H]34)C12. The first-order valence-electron chi connectivity index (χ1n) is 10.9. The summed E-state index contributed by atoms with van der Waals surface area (Å²) in [4.78, 5) is 0. The highest BCUT2D eigenvalue weighted by Gasteiger charge is 2.59. The molecule has 0 amide bonds. The van der Waals surface area contributed by atoms with Gasteiger partial charge in [0.2, 0.25) is 0 Å². The summed E-state index contributed by atoms with van der Waals surface area (Å²) < 4.78 is 39.6. The lowest BCUT2D eigenvalue weighted by molar-refractivity contribution is -0.196. The Kier molecular flexibility index (Phi) is 4.90. The molecule has 4 unspecified atom stereocenters. The minimum absolute atomic E-state index is 0.289. The fourth-order valence-electron chi connectivity index (χ4n) is 8.44. The highest BCUT2D eigenvalue weighted by Crippen LogP contribution is 2.66. The van der Waals surface area contributed by atoms with Crippen molar-refractivity contribution in [3.8, 4) is 0 Å². The lowest BCUT2D eigenvalue weighted by Gasteiger charge is -2.57. The standard InChI is InChI=1S/C22H35F3O/c1-13-11-15(8-10-26)21(2)9-7-18-17-6-4-16(22(23,24)25)12-14(17)3-5-19(18)20(13)21/h13-20,26H,3-12H2,1-2H3/t13?,14-,15?,16+,17+,18?,19-,20?,21-/m1/s1. The van der Waals surface area contributed by atoms with Gasteiger partial charge in [-0.2, -0.15) is 13.2 Å². The van der Waals surface area contributed by atoms with Gasteiger partial charge >= 0.3 is 6.18 Å². The van der Waals surface area contributed by atoms with E-state index in [9.17, 15) is 18.3 Å². The summed E-state index contributed by atoms with van der Waals surface area (Å²) in [5.41, 5.74) is 0.347. The molecule has 4 rings (SSSR count). The van der Waals surface area contributed by atoms with Crippen LogP contribution < -0.4 is 0 Å². The van der Waals surface area contributed by atoms with Crippen molar-refractivity contribution in [2.24, 2.45) is 52.8 Å². The zero-order chi connectivity index (χ0) is 18.7. The highest BCUT2D eigenvalue weighted by molar-refractivity contribution is 5.08. The van der Waals surface area contributed by atoms with E-state index in [1.54, 1.807) is 0 Å². The lowest BCUT2D eigenvalue weighted by Crippen LogP contribution is -2.50. The maximum Gasteiger partial charge on any atom is 0.391 e. The Labute approximate surface area is 156 Å². The molecule has 4 heteroatoms. The summed E-state index contributed by atoms with van der Waals surface area (Å²) in [6, 6.07) is 0. The quantitative estimate of drug-likeness (QED) is 0.624. The molecule has 0 bridgehead atoms. The summed E-state index contributed by atoms with van der Waals surface area (Å²) in [6.07, 6.45) is 4.31. The van der Waals surface area contributed by atoms with E-state index in [2.05, 4.69) is 13.8 Å². The van der Waals surface area contributed by atoms with Gasteiger partial charge in [0.15, 0.2) is 0 Å². The van der Waals surface area contributed by atoms with Crippen LogP contribution in [0.2, 0.25) is 0 Å². The number of hydrogen-bond acceptors (Lipinski definition) is 1. The molecular weight excluding hydrogens is 337 g/mol. The molecule has 0 radical (unpaired) electrons. The van der Waals surface area contributed by atoms with Crippen LogP contribution in [0.4, 0.5) is 13.2 Å². The van der Waals surface area contributed by atoms with Crippen LogP contribution in [0.1, 0.15) is 71.6 Å². The zero-order valence-corrected chi connectivity index (χ0v) is 16.3. The molecule has 0 aliphatic heterocycles. The molecule has 4 saturated carbocycles. The van der Waals surface area contributed by atoms with Gasteiger partial charge in [-0.15, -0.1) is 0 Å². The minimum Gasteiger partial charge on any atom is -0.396 e. The van der Waals surface area contributed by atoms with E-state index in [1.807, 2.05) is 0 Å². The number of alkyl halides is 3. The van der Waals surface area contributed by atoms with Crippen molar-refractivity contribution in [3.05, 3.63) is 0 Å². The van der Waals surface area contributed by atoms with Crippen molar-refractivity contribution in [3.63, 3.8) is 0 Å². The Morgan fingerprint density at radius 1 is 0.962 bits per heavy atom. The number of fused-ring (bicyclic) bond motifs is 5. The fraction of sp³-hybridized carbons (Fsp3) is 1.00. The molecule has 0 saturated heterocycles. The lowest BCUT2D eigenvalue weighted by atomic mass is 9.48. The van der Waals surface area contributed by atoms with Crippen LogP contribution in [0, 0.1) is 52.8 Å². The summed E-state index contributed by atoms with van der Waals surface area (Å²) >= 11 is 0. The van der Waals surface area contributed by atoms with E-state index >= 15 is 0 Å². The van der Waals surface area contributed by atoms with Crippen LogP contribution >= 0.6 is 0 Å². The normalized spacial score (nSPS) is 51.5. The van der Waals surface area contributed by atoms with Gasteiger partial charge in [0.05, 0.1) is 5.92 Å². The second-order valence-corrected chi connectivity index (χ2v) is 10.4. The topological polar surface area (TPSA) is 20.2 Å². The van der Waals surface area contributed by atoms with E-state index in [-0.39, 0.29) is 6.61 Å². The predicted octanol–water partition coefficient (Wildman–Crippen LogP) is 6.06. The van der Waals surface area contributed by atoms with Crippen molar-refractivity contribution >= 4 is 0 Å². The molecule has 4 fully saturated rings. The van der Waals surface area contributed by atoms with E-state index in [1.165, 1.54) is 19.3 Å². The first kappa shape index (κ1) is 19.1. The van der Waals surface area contributed by atoms with E-state index in [0.717, 1.165) is 37.5 Å². The molecule has 0 spiro atoms. The summed E-state index contributed by atoms with van der Waals surface area (Å²) in [6.45, 7) is 5.15. The van der Waals surface area contributed by atoms with Crippen LogP contribution in [0.15, 0.2) is 0 Å². The number of halogens is 3. The molecule has 0 aromatic heterocycles. The summed E-state index contributed by atoms with van der Waals surface area (Å²) in [5.74, 6) is 3.24. The van der Waals surface area contributed by atoms with E-state index in [4.69, 9.17) is 0 Å². The van der Waals surface area contributed by atoms with E-state index in [0.29, 0.717) is 47.8 Å². The third-order valence-electron chi connectivity index (χ3n) is 9.39. The first-order chi connectivity index (χ1) is 12.3. The molecular formula is C22H35F3O. The van der Waals surface area contributed by atoms with Gasteiger partial charge in [-0.05, 0) is 105 Å². The molecule has 150 valence electrons. The van der Waals surface area contributed by atoms with Gasteiger partial charge < -0.3 is 5.11 Å². The van der Waals surface area contributed by atoms with Gasteiger partial charge in [0.25, 0.3) is 0 Å². The molecule has 0 heterocycles. The second kappa shape index (κ2) is 6.67. The number of hydrogen-bond donors (Lipinski definition) is 1. The van der Waals surface area contributed by atoms with Gasteiger partial charge in [0, 0.05) is 6.61 Å². The minimum atomic E-state index is -4.00. The molecule has 0 aromatic carbocycles.